The van der Waals surface area contributed by atoms with Gasteiger partial charge < -0.3 is 5.32 Å². The highest BCUT2D eigenvalue weighted by atomic mass is 35.5. The SMILES string of the molecule is Clc1cccc(CCNc2cc(-c3ccncc3)cc3nc(-c4ccccc4)nn23)c1. The Morgan fingerprint density at radius 1 is 0.806 bits per heavy atom. The molecule has 5 aromatic rings. The van der Waals surface area contributed by atoms with E-state index in [1.807, 2.05) is 65.2 Å². The predicted molar refractivity (Wildman–Crippen MR) is 125 cm³/mol. The van der Waals surface area contributed by atoms with Gasteiger partial charge in [0.05, 0.1) is 0 Å². The maximum absolute atomic E-state index is 6.12. The first-order valence-corrected chi connectivity index (χ1v) is 10.5. The highest BCUT2D eigenvalue weighted by molar-refractivity contribution is 6.30. The summed E-state index contributed by atoms with van der Waals surface area (Å²) >= 11 is 6.12. The van der Waals surface area contributed by atoms with Gasteiger partial charge in [0.1, 0.15) is 5.82 Å². The number of nitrogens with zero attached hydrogens (tertiary/aromatic N) is 4. The average molecular weight is 426 g/mol. The van der Waals surface area contributed by atoms with Gasteiger partial charge in [-0.2, -0.15) is 4.52 Å². The second-order valence-electron chi connectivity index (χ2n) is 7.24. The van der Waals surface area contributed by atoms with Gasteiger partial charge in [-0.05, 0) is 59.5 Å². The van der Waals surface area contributed by atoms with Crippen LogP contribution in [0.1, 0.15) is 5.56 Å². The molecule has 0 saturated carbocycles. The van der Waals surface area contributed by atoms with E-state index in [1.165, 1.54) is 5.56 Å². The molecule has 0 bridgehead atoms. The van der Waals surface area contributed by atoms with E-state index in [0.717, 1.165) is 46.1 Å². The molecule has 0 aliphatic rings. The molecule has 3 heterocycles. The Morgan fingerprint density at radius 3 is 2.45 bits per heavy atom. The normalized spacial score (nSPS) is 11.0. The van der Waals surface area contributed by atoms with Crippen molar-refractivity contribution in [3.05, 3.63) is 102 Å². The summed E-state index contributed by atoms with van der Waals surface area (Å²) in [7, 11) is 0. The number of rotatable bonds is 6. The summed E-state index contributed by atoms with van der Waals surface area (Å²) in [6.07, 6.45) is 4.44. The molecule has 0 aliphatic carbocycles. The Morgan fingerprint density at radius 2 is 1.65 bits per heavy atom. The van der Waals surface area contributed by atoms with Gasteiger partial charge in [-0.15, -0.1) is 5.10 Å². The van der Waals surface area contributed by atoms with E-state index < -0.39 is 0 Å². The first kappa shape index (κ1) is 19.3. The second-order valence-corrected chi connectivity index (χ2v) is 7.68. The lowest BCUT2D eigenvalue weighted by Gasteiger charge is -2.11. The fraction of sp³-hybridized carbons (Fsp3) is 0.0800. The molecule has 0 spiro atoms. The van der Waals surface area contributed by atoms with Gasteiger partial charge >= 0.3 is 0 Å². The molecular formula is C25H20ClN5. The minimum absolute atomic E-state index is 0.699. The van der Waals surface area contributed by atoms with Gasteiger partial charge in [0, 0.05) is 29.5 Å². The standard InChI is InChI=1S/C25H20ClN5/c26-22-8-4-5-18(15-22)9-14-28-23-16-21(19-10-12-27-13-11-19)17-24-29-25(30-31(23)24)20-6-2-1-3-7-20/h1-8,10-13,15-17,28H,9,14H2. The summed E-state index contributed by atoms with van der Waals surface area (Å²) < 4.78 is 1.87. The topological polar surface area (TPSA) is 55.1 Å². The summed E-state index contributed by atoms with van der Waals surface area (Å²) in [4.78, 5) is 8.92. The Kier molecular flexibility index (Phi) is 5.33. The quantitative estimate of drug-likeness (QED) is 0.375. The number of pyridine rings is 2. The fourth-order valence-electron chi connectivity index (χ4n) is 3.56. The molecule has 0 fully saturated rings. The van der Waals surface area contributed by atoms with Crippen LogP contribution >= 0.6 is 11.6 Å². The minimum Gasteiger partial charge on any atom is -0.370 e. The van der Waals surface area contributed by atoms with Crippen LogP contribution in [0.2, 0.25) is 5.02 Å². The lowest BCUT2D eigenvalue weighted by atomic mass is 10.1. The maximum Gasteiger partial charge on any atom is 0.182 e. The van der Waals surface area contributed by atoms with Crippen molar-refractivity contribution in [3.63, 3.8) is 0 Å². The third-order valence-corrected chi connectivity index (χ3v) is 5.33. The number of benzene rings is 2. The summed E-state index contributed by atoms with van der Waals surface area (Å²) in [6.45, 7) is 0.746. The van der Waals surface area contributed by atoms with Crippen molar-refractivity contribution in [1.82, 2.24) is 19.6 Å². The summed E-state index contributed by atoms with van der Waals surface area (Å²) in [5, 5.41) is 9.05. The second kappa shape index (κ2) is 8.58. The number of aromatic nitrogens is 4. The lowest BCUT2D eigenvalue weighted by Crippen LogP contribution is -2.09. The fourth-order valence-corrected chi connectivity index (χ4v) is 3.77. The Labute approximate surface area is 185 Å². The third kappa shape index (κ3) is 4.27. The van der Waals surface area contributed by atoms with Crippen LogP contribution in [-0.4, -0.2) is 26.1 Å². The summed E-state index contributed by atoms with van der Waals surface area (Å²) in [5.41, 5.74) is 5.11. The van der Waals surface area contributed by atoms with Crippen LogP contribution in [0.5, 0.6) is 0 Å². The molecule has 0 atom stereocenters. The van der Waals surface area contributed by atoms with Crippen molar-refractivity contribution in [3.8, 4) is 22.5 Å². The lowest BCUT2D eigenvalue weighted by molar-refractivity contribution is 0.931. The zero-order valence-electron chi connectivity index (χ0n) is 16.7. The number of nitrogens with one attached hydrogen (secondary N) is 1. The molecule has 152 valence electrons. The molecule has 0 aliphatic heterocycles. The zero-order chi connectivity index (χ0) is 21.0. The van der Waals surface area contributed by atoms with Crippen molar-refractivity contribution in [2.24, 2.45) is 0 Å². The highest BCUT2D eigenvalue weighted by Gasteiger charge is 2.12. The van der Waals surface area contributed by atoms with Gasteiger partial charge in [0.25, 0.3) is 0 Å². The molecule has 0 amide bonds. The van der Waals surface area contributed by atoms with E-state index in [9.17, 15) is 0 Å². The molecule has 1 N–H and O–H groups in total. The number of hydrogen-bond donors (Lipinski definition) is 1. The van der Waals surface area contributed by atoms with Crippen LogP contribution in [0.3, 0.4) is 0 Å². The van der Waals surface area contributed by atoms with E-state index >= 15 is 0 Å². The van der Waals surface area contributed by atoms with Crippen LogP contribution < -0.4 is 5.32 Å². The number of hydrogen-bond acceptors (Lipinski definition) is 4. The molecule has 0 unspecified atom stereocenters. The minimum atomic E-state index is 0.699. The Bertz CT molecular complexity index is 1320. The van der Waals surface area contributed by atoms with Crippen LogP contribution in [0, 0.1) is 0 Å². The first-order chi connectivity index (χ1) is 15.3. The molecule has 6 heteroatoms. The van der Waals surface area contributed by atoms with Crippen molar-refractivity contribution < 1.29 is 0 Å². The van der Waals surface area contributed by atoms with Gasteiger partial charge in [0.15, 0.2) is 11.5 Å². The molecule has 5 nitrogen and oxygen atoms in total. The molecule has 31 heavy (non-hydrogen) atoms. The van der Waals surface area contributed by atoms with Crippen molar-refractivity contribution in [1.29, 1.82) is 0 Å². The summed E-state index contributed by atoms with van der Waals surface area (Å²) in [5.74, 6) is 1.59. The molecule has 5 rings (SSSR count). The van der Waals surface area contributed by atoms with E-state index in [0.29, 0.717) is 5.82 Å². The summed E-state index contributed by atoms with van der Waals surface area (Å²) in [6, 6.07) is 26.1. The van der Waals surface area contributed by atoms with Crippen molar-refractivity contribution in [2.45, 2.75) is 6.42 Å². The predicted octanol–water partition coefficient (Wildman–Crippen LogP) is 5.77. The zero-order valence-corrected chi connectivity index (χ0v) is 17.5. The number of fused-ring (bicyclic) bond motifs is 1. The Balaban J connectivity index is 1.51. The van der Waals surface area contributed by atoms with Gasteiger partial charge in [-0.1, -0.05) is 54.1 Å². The monoisotopic (exact) mass is 425 g/mol. The molecule has 0 radical (unpaired) electrons. The van der Waals surface area contributed by atoms with Crippen LogP contribution in [0.15, 0.2) is 91.3 Å². The van der Waals surface area contributed by atoms with Gasteiger partial charge in [0.2, 0.25) is 0 Å². The molecule has 2 aromatic carbocycles. The van der Waals surface area contributed by atoms with E-state index in [1.54, 1.807) is 12.4 Å². The van der Waals surface area contributed by atoms with E-state index in [-0.39, 0.29) is 0 Å². The molecule has 3 aromatic heterocycles. The van der Waals surface area contributed by atoms with Crippen molar-refractivity contribution in [2.75, 3.05) is 11.9 Å². The van der Waals surface area contributed by atoms with E-state index in [4.69, 9.17) is 21.7 Å². The van der Waals surface area contributed by atoms with Crippen LogP contribution in [-0.2, 0) is 6.42 Å². The van der Waals surface area contributed by atoms with Crippen molar-refractivity contribution >= 4 is 23.1 Å². The van der Waals surface area contributed by atoms with Crippen LogP contribution in [0.4, 0.5) is 5.82 Å². The molecule has 0 saturated heterocycles. The van der Waals surface area contributed by atoms with E-state index in [2.05, 4.69) is 28.5 Å². The first-order valence-electron chi connectivity index (χ1n) is 10.1. The Hall–Kier alpha value is -3.70. The highest BCUT2D eigenvalue weighted by Crippen LogP contribution is 2.26. The van der Waals surface area contributed by atoms with Crippen LogP contribution in [0.25, 0.3) is 28.2 Å². The molecular weight excluding hydrogens is 406 g/mol. The third-order valence-electron chi connectivity index (χ3n) is 5.09. The average Bonchev–Trinajstić information content (AvgIpc) is 3.25. The smallest absolute Gasteiger partial charge is 0.182 e. The van der Waals surface area contributed by atoms with Gasteiger partial charge in [-0.3, -0.25) is 4.98 Å². The maximum atomic E-state index is 6.12. The number of anilines is 1. The van der Waals surface area contributed by atoms with Gasteiger partial charge in [-0.25, -0.2) is 4.98 Å². The largest absolute Gasteiger partial charge is 0.370 e. The number of halogens is 1.